The summed E-state index contributed by atoms with van der Waals surface area (Å²) >= 11 is 0. The number of aliphatic hydroxyl groups is 1. The summed E-state index contributed by atoms with van der Waals surface area (Å²) in [7, 11) is 0. The lowest BCUT2D eigenvalue weighted by Crippen LogP contribution is -2.41. The van der Waals surface area contributed by atoms with Crippen LogP contribution in [0.2, 0.25) is 0 Å². The monoisotopic (exact) mass is 382 g/mol. The van der Waals surface area contributed by atoms with E-state index in [0.717, 1.165) is 5.56 Å². The van der Waals surface area contributed by atoms with E-state index in [1.807, 2.05) is 30.3 Å². The van der Waals surface area contributed by atoms with Gasteiger partial charge in [-0.15, -0.1) is 0 Å². The Labute approximate surface area is 160 Å². The normalized spacial score (nSPS) is 19.1. The van der Waals surface area contributed by atoms with Crippen LogP contribution in [0.5, 0.6) is 0 Å². The molecule has 0 unspecified atom stereocenters. The fourth-order valence-electron chi connectivity index (χ4n) is 3.55. The molecule has 2 aromatic carbocycles. The zero-order valence-corrected chi connectivity index (χ0v) is 15.0. The second-order valence-corrected chi connectivity index (χ2v) is 6.85. The number of aromatic nitrogens is 1. The fraction of sp³-hybridized carbons (Fsp3) is 0.238. The van der Waals surface area contributed by atoms with Gasteiger partial charge in [0.25, 0.3) is 0 Å². The molecule has 1 aliphatic rings. The van der Waals surface area contributed by atoms with Crippen LogP contribution in [0, 0.1) is 5.82 Å². The first-order chi connectivity index (χ1) is 13.5. The molecule has 4 rings (SSSR count). The first-order valence-electron chi connectivity index (χ1n) is 8.99. The topological polar surface area (TPSA) is 82.6 Å². The minimum absolute atomic E-state index is 0.0288. The maximum absolute atomic E-state index is 13.4. The Morgan fingerprint density at radius 1 is 1.21 bits per heavy atom. The standard InChI is InChI=1S/C21H19FN2O4/c22-14-6-7-16-17(10-23-18(16)8-14)20(26)19-9-15(25)11-24(19)21(27)28-12-13-4-2-1-3-5-13/h1-8,10,15,19,23,25H,9,11-12H2/t15-,19+/m1/s1. The van der Waals surface area contributed by atoms with Gasteiger partial charge in [-0.1, -0.05) is 30.3 Å². The molecule has 2 atom stereocenters. The maximum atomic E-state index is 13.4. The lowest BCUT2D eigenvalue weighted by molar-refractivity contribution is 0.0730. The molecule has 1 fully saturated rings. The molecular weight excluding hydrogens is 363 g/mol. The summed E-state index contributed by atoms with van der Waals surface area (Å²) in [4.78, 5) is 29.7. The van der Waals surface area contributed by atoms with E-state index in [-0.39, 0.29) is 25.4 Å². The third-order valence-electron chi connectivity index (χ3n) is 4.93. The van der Waals surface area contributed by atoms with Crippen molar-refractivity contribution in [2.75, 3.05) is 6.54 Å². The number of ketones is 1. The highest BCUT2D eigenvalue weighted by molar-refractivity contribution is 6.11. The Morgan fingerprint density at radius 3 is 2.79 bits per heavy atom. The third kappa shape index (κ3) is 3.48. The number of likely N-dealkylation sites (tertiary alicyclic amines) is 1. The van der Waals surface area contributed by atoms with Crippen molar-refractivity contribution in [2.24, 2.45) is 0 Å². The van der Waals surface area contributed by atoms with Gasteiger partial charge in [-0.25, -0.2) is 9.18 Å². The highest BCUT2D eigenvalue weighted by Crippen LogP contribution is 2.27. The number of Topliss-reactive ketones (excluding diaryl/α,β-unsaturated/α-hetero) is 1. The average Bonchev–Trinajstić information content (AvgIpc) is 3.29. The van der Waals surface area contributed by atoms with Gasteiger partial charge in [0, 0.05) is 29.1 Å². The predicted molar refractivity (Wildman–Crippen MR) is 100 cm³/mol. The van der Waals surface area contributed by atoms with Gasteiger partial charge in [0.15, 0.2) is 5.78 Å². The van der Waals surface area contributed by atoms with E-state index in [1.165, 1.54) is 29.3 Å². The SMILES string of the molecule is O=C(c1c[nH]c2cc(F)ccc12)[C@@H]1C[C@@H](O)CN1C(=O)OCc1ccccc1. The lowest BCUT2D eigenvalue weighted by Gasteiger charge is -2.22. The number of β-amino-alcohol motifs (C(OH)–C–C–N with tert-alkyl or cyclic N) is 1. The van der Waals surface area contributed by atoms with Gasteiger partial charge in [0.1, 0.15) is 18.5 Å². The number of hydrogen-bond acceptors (Lipinski definition) is 4. The predicted octanol–water partition coefficient (Wildman–Crippen LogP) is 3.26. The van der Waals surface area contributed by atoms with Crippen LogP contribution >= 0.6 is 0 Å². The first kappa shape index (κ1) is 18.2. The third-order valence-corrected chi connectivity index (χ3v) is 4.93. The van der Waals surface area contributed by atoms with E-state index >= 15 is 0 Å². The molecule has 144 valence electrons. The number of carbonyl (C=O) groups is 2. The number of carbonyl (C=O) groups excluding carboxylic acids is 2. The molecule has 28 heavy (non-hydrogen) atoms. The number of amides is 1. The van der Waals surface area contributed by atoms with E-state index in [0.29, 0.717) is 16.5 Å². The second-order valence-electron chi connectivity index (χ2n) is 6.85. The van der Waals surface area contributed by atoms with Crippen molar-refractivity contribution in [3.63, 3.8) is 0 Å². The number of aliphatic hydroxyl groups excluding tert-OH is 1. The van der Waals surface area contributed by atoms with Crippen LogP contribution in [0.15, 0.2) is 54.7 Å². The summed E-state index contributed by atoms with van der Waals surface area (Å²) in [6, 6.07) is 12.5. The van der Waals surface area contributed by atoms with Crippen molar-refractivity contribution < 1.29 is 23.8 Å². The van der Waals surface area contributed by atoms with Crippen LogP contribution in [0.3, 0.4) is 0 Å². The highest BCUT2D eigenvalue weighted by atomic mass is 19.1. The second kappa shape index (κ2) is 7.44. The molecule has 1 aliphatic heterocycles. The van der Waals surface area contributed by atoms with E-state index < -0.39 is 24.1 Å². The molecule has 0 radical (unpaired) electrons. The Morgan fingerprint density at radius 2 is 2.00 bits per heavy atom. The summed E-state index contributed by atoms with van der Waals surface area (Å²) in [6.45, 7) is 0.112. The van der Waals surface area contributed by atoms with Gasteiger partial charge in [-0.05, 0) is 23.8 Å². The number of aromatic amines is 1. The maximum Gasteiger partial charge on any atom is 0.410 e. The molecule has 0 aliphatic carbocycles. The average molecular weight is 382 g/mol. The zero-order chi connectivity index (χ0) is 19.7. The van der Waals surface area contributed by atoms with E-state index in [4.69, 9.17) is 4.74 Å². The number of nitrogens with one attached hydrogen (secondary N) is 1. The van der Waals surface area contributed by atoms with Crippen LogP contribution in [0.25, 0.3) is 10.9 Å². The molecule has 0 spiro atoms. The quantitative estimate of drug-likeness (QED) is 0.679. The van der Waals surface area contributed by atoms with Crippen LogP contribution in [0.4, 0.5) is 9.18 Å². The number of H-pyrrole nitrogens is 1. The van der Waals surface area contributed by atoms with Crippen molar-refractivity contribution in [1.82, 2.24) is 9.88 Å². The van der Waals surface area contributed by atoms with Crippen LogP contribution in [-0.2, 0) is 11.3 Å². The molecule has 3 aromatic rings. The molecule has 2 heterocycles. The van der Waals surface area contributed by atoms with Gasteiger partial charge in [0.05, 0.1) is 12.6 Å². The highest BCUT2D eigenvalue weighted by Gasteiger charge is 2.40. The Bertz CT molecular complexity index is 1020. The molecule has 0 saturated carbocycles. The molecular formula is C21H19FN2O4. The largest absolute Gasteiger partial charge is 0.445 e. The summed E-state index contributed by atoms with van der Waals surface area (Å²) in [5.41, 5.74) is 1.69. The van der Waals surface area contributed by atoms with Gasteiger partial charge in [-0.3, -0.25) is 9.69 Å². The first-order valence-corrected chi connectivity index (χ1v) is 8.99. The number of nitrogens with zero attached hydrogens (tertiary/aromatic N) is 1. The van der Waals surface area contributed by atoms with E-state index in [9.17, 15) is 19.1 Å². The zero-order valence-electron chi connectivity index (χ0n) is 15.0. The van der Waals surface area contributed by atoms with E-state index in [1.54, 1.807) is 0 Å². The molecule has 1 aromatic heterocycles. The van der Waals surface area contributed by atoms with Crippen molar-refractivity contribution in [3.8, 4) is 0 Å². The summed E-state index contributed by atoms with van der Waals surface area (Å²) in [6.07, 6.45) is 0.183. The Hall–Kier alpha value is -3.19. The number of rotatable bonds is 4. The van der Waals surface area contributed by atoms with Crippen LogP contribution in [0.1, 0.15) is 22.3 Å². The van der Waals surface area contributed by atoms with Crippen molar-refractivity contribution >= 4 is 22.8 Å². The number of benzene rings is 2. The molecule has 0 bridgehead atoms. The number of hydrogen-bond donors (Lipinski definition) is 2. The summed E-state index contributed by atoms with van der Waals surface area (Å²) in [5.74, 6) is -0.721. The fourth-order valence-corrected chi connectivity index (χ4v) is 3.55. The smallest absolute Gasteiger partial charge is 0.410 e. The number of halogens is 1. The Kier molecular flexibility index (Phi) is 4.83. The van der Waals surface area contributed by atoms with Crippen molar-refractivity contribution in [2.45, 2.75) is 25.2 Å². The lowest BCUT2D eigenvalue weighted by atomic mass is 10.0. The van der Waals surface area contributed by atoms with Crippen LogP contribution in [-0.4, -0.2) is 45.6 Å². The van der Waals surface area contributed by atoms with Crippen LogP contribution < -0.4 is 0 Å². The molecule has 1 amide bonds. The summed E-state index contributed by atoms with van der Waals surface area (Å²) in [5, 5.41) is 10.6. The molecule has 1 saturated heterocycles. The van der Waals surface area contributed by atoms with Crippen molar-refractivity contribution in [1.29, 1.82) is 0 Å². The van der Waals surface area contributed by atoms with Gasteiger partial charge in [0.2, 0.25) is 0 Å². The van der Waals surface area contributed by atoms with E-state index in [2.05, 4.69) is 4.98 Å². The Balaban J connectivity index is 1.53. The molecule has 6 nitrogen and oxygen atoms in total. The number of ether oxygens (including phenoxy) is 1. The van der Waals surface area contributed by atoms with Crippen molar-refractivity contribution in [3.05, 3.63) is 71.7 Å². The summed E-state index contributed by atoms with van der Waals surface area (Å²) < 4.78 is 18.7. The van der Waals surface area contributed by atoms with Gasteiger partial charge in [-0.2, -0.15) is 0 Å². The minimum atomic E-state index is -0.831. The van der Waals surface area contributed by atoms with Gasteiger partial charge >= 0.3 is 6.09 Å². The molecule has 2 N–H and O–H groups in total. The number of fused-ring (bicyclic) bond motifs is 1. The van der Waals surface area contributed by atoms with Gasteiger partial charge < -0.3 is 14.8 Å². The molecule has 7 heteroatoms. The minimum Gasteiger partial charge on any atom is -0.445 e.